The topological polar surface area (TPSA) is 83.6 Å². The Balaban J connectivity index is 0.00000231. The maximum atomic E-state index is 13.2. The van der Waals surface area contributed by atoms with Crippen LogP contribution >= 0.6 is 0 Å². The van der Waals surface area contributed by atoms with Gasteiger partial charge >= 0.3 is 0 Å². The predicted molar refractivity (Wildman–Crippen MR) is 117 cm³/mol. The summed E-state index contributed by atoms with van der Waals surface area (Å²) in [4.78, 5) is 16.7. The molecule has 3 aromatic rings. The first kappa shape index (κ1) is 19.0. The zero-order valence-corrected chi connectivity index (χ0v) is 17.5. The van der Waals surface area contributed by atoms with Crippen molar-refractivity contribution in [2.45, 2.75) is 51.0 Å². The van der Waals surface area contributed by atoms with Crippen molar-refractivity contribution in [3.05, 3.63) is 53.2 Å². The lowest BCUT2D eigenvalue weighted by molar-refractivity contribution is -0.118. The van der Waals surface area contributed by atoms with Crippen LogP contribution in [-0.4, -0.2) is 22.8 Å². The Morgan fingerprint density at radius 3 is 2.63 bits per heavy atom. The molecule has 6 nitrogen and oxygen atoms in total. The van der Waals surface area contributed by atoms with Gasteiger partial charge in [0.2, 0.25) is 12.7 Å². The van der Waals surface area contributed by atoms with Gasteiger partial charge in [0.25, 0.3) is 0 Å². The van der Waals surface area contributed by atoms with Crippen LogP contribution in [0.25, 0.3) is 10.9 Å². The molecule has 0 bridgehead atoms. The molecule has 2 aliphatic rings. The van der Waals surface area contributed by atoms with E-state index in [1.807, 2.05) is 30.3 Å². The summed E-state index contributed by atoms with van der Waals surface area (Å²) in [6, 6.07) is 11.6. The first-order valence-corrected chi connectivity index (χ1v) is 10.3. The van der Waals surface area contributed by atoms with E-state index >= 15 is 0 Å². The molecule has 2 aromatic carbocycles. The van der Waals surface area contributed by atoms with E-state index in [-0.39, 0.29) is 26.1 Å². The molecule has 0 unspecified atom stereocenters. The molecular formula is C24H28N2O4. The lowest BCUT2D eigenvalue weighted by Crippen LogP contribution is -2.27. The number of rotatable bonds is 4. The summed E-state index contributed by atoms with van der Waals surface area (Å²) < 4.78 is 10.9. The number of hydrogen-bond donors (Lipinski definition) is 3. The number of ether oxygens (including phenoxy) is 2. The van der Waals surface area contributed by atoms with E-state index in [4.69, 9.17) is 9.47 Å². The van der Waals surface area contributed by atoms with Crippen LogP contribution in [0.5, 0.6) is 11.5 Å². The Morgan fingerprint density at radius 1 is 1.17 bits per heavy atom. The molecule has 158 valence electrons. The second kappa shape index (κ2) is 6.51. The molecule has 0 saturated heterocycles. The van der Waals surface area contributed by atoms with Crippen molar-refractivity contribution in [3.63, 3.8) is 0 Å². The molecule has 1 aliphatic carbocycles. The molecule has 0 spiro atoms. The predicted octanol–water partition coefficient (Wildman–Crippen LogP) is 4.60. The summed E-state index contributed by atoms with van der Waals surface area (Å²) in [5.74, 6) is 1.38. The van der Waals surface area contributed by atoms with Crippen molar-refractivity contribution in [1.29, 1.82) is 0 Å². The number of aromatic amines is 1. The Kier molecular flexibility index (Phi) is 4.12. The van der Waals surface area contributed by atoms with E-state index in [2.05, 4.69) is 37.1 Å². The summed E-state index contributed by atoms with van der Waals surface area (Å²) in [5, 5.41) is 14.0. The smallest absolute Gasteiger partial charge is 0.235 e. The van der Waals surface area contributed by atoms with Crippen LogP contribution in [0.15, 0.2) is 36.4 Å². The Bertz CT molecular complexity index is 1160. The molecule has 2 heterocycles. The van der Waals surface area contributed by atoms with Gasteiger partial charge in [-0.15, -0.1) is 0 Å². The number of H-pyrrole nitrogens is 1. The summed E-state index contributed by atoms with van der Waals surface area (Å²) in [7, 11) is 0. The van der Waals surface area contributed by atoms with Crippen molar-refractivity contribution >= 4 is 22.5 Å². The Labute approximate surface area is 176 Å². The SMILES string of the molecule is CC(C)(C)c1cc2cc(NC(=O)C3(c4ccc5c(c4)OCO5)CC3)cc(CO)c2[nH]1.[HH]. The first-order valence-electron chi connectivity index (χ1n) is 10.3. The number of amides is 1. The Morgan fingerprint density at radius 2 is 1.93 bits per heavy atom. The zero-order valence-electron chi connectivity index (χ0n) is 17.5. The van der Waals surface area contributed by atoms with Crippen molar-refractivity contribution in [2.24, 2.45) is 0 Å². The van der Waals surface area contributed by atoms with Crippen LogP contribution < -0.4 is 14.8 Å². The molecule has 1 aliphatic heterocycles. The molecule has 1 fully saturated rings. The van der Waals surface area contributed by atoms with Crippen LogP contribution in [0.3, 0.4) is 0 Å². The molecule has 0 radical (unpaired) electrons. The lowest BCUT2D eigenvalue weighted by atomic mass is 9.92. The van der Waals surface area contributed by atoms with Gasteiger partial charge < -0.3 is 24.9 Å². The quantitative estimate of drug-likeness (QED) is 0.589. The number of nitrogens with one attached hydrogen (secondary N) is 2. The van der Waals surface area contributed by atoms with Crippen molar-refractivity contribution in [3.8, 4) is 11.5 Å². The van der Waals surface area contributed by atoms with E-state index in [1.165, 1.54) is 0 Å². The van der Waals surface area contributed by atoms with E-state index in [0.29, 0.717) is 11.4 Å². The largest absolute Gasteiger partial charge is 0.454 e. The number of fused-ring (bicyclic) bond motifs is 2. The molecule has 0 atom stereocenters. The van der Waals surface area contributed by atoms with Gasteiger partial charge in [0, 0.05) is 29.2 Å². The lowest BCUT2D eigenvalue weighted by Gasteiger charge is -2.17. The third-order valence-electron chi connectivity index (χ3n) is 6.16. The van der Waals surface area contributed by atoms with Gasteiger partial charge in [-0.1, -0.05) is 26.8 Å². The molecule has 1 saturated carbocycles. The Hall–Kier alpha value is -2.99. The standard InChI is InChI=1S/C24H26N2O4.H2/c1-23(2,3)20-10-14-8-17(9-15(12-27)21(14)26-20)25-22(28)24(6-7-24)16-4-5-18-19(11-16)30-13-29-18;/h4-5,8-11,26-27H,6-7,12-13H2,1-3H3,(H,25,28);1H. The minimum Gasteiger partial charge on any atom is -0.454 e. The van der Waals surface area contributed by atoms with Crippen molar-refractivity contribution in [1.82, 2.24) is 4.98 Å². The molecule has 1 aromatic heterocycles. The highest BCUT2D eigenvalue weighted by molar-refractivity contribution is 6.03. The highest BCUT2D eigenvalue weighted by Gasteiger charge is 2.51. The highest BCUT2D eigenvalue weighted by atomic mass is 16.7. The number of benzene rings is 2. The number of hydrogen-bond acceptors (Lipinski definition) is 4. The van der Waals surface area contributed by atoms with Gasteiger partial charge in [-0.25, -0.2) is 0 Å². The fraction of sp³-hybridized carbons (Fsp3) is 0.375. The molecule has 3 N–H and O–H groups in total. The third kappa shape index (κ3) is 3.03. The van der Waals surface area contributed by atoms with E-state index in [0.717, 1.165) is 46.3 Å². The minimum atomic E-state index is -0.538. The third-order valence-corrected chi connectivity index (χ3v) is 6.16. The molecule has 1 amide bonds. The number of carbonyl (C=O) groups excluding carboxylic acids is 1. The minimum absolute atomic E-state index is 0. The second-order valence-electron chi connectivity index (χ2n) is 9.29. The summed E-state index contributed by atoms with van der Waals surface area (Å²) in [6.45, 7) is 6.54. The van der Waals surface area contributed by atoms with E-state index in [1.54, 1.807) is 0 Å². The van der Waals surface area contributed by atoms with E-state index < -0.39 is 5.41 Å². The first-order chi connectivity index (χ1) is 14.3. The van der Waals surface area contributed by atoms with Gasteiger partial charge in [-0.3, -0.25) is 4.79 Å². The highest BCUT2D eigenvalue weighted by Crippen LogP contribution is 2.51. The normalized spacial score (nSPS) is 16.7. The van der Waals surface area contributed by atoms with Gasteiger partial charge in [0.1, 0.15) is 0 Å². The fourth-order valence-electron chi connectivity index (χ4n) is 4.14. The monoisotopic (exact) mass is 408 g/mol. The van der Waals surface area contributed by atoms with Crippen LogP contribution in [0.1, 0.15) is 51.9 Å². The van der Waals surface area contributed by atoms with Gasteiger partial charge in [0.15, 0.2) is 11.5 Å². The van der Waals surface area contributed by atoms with Gasteiger partial charge in [0.05, 0.1) is 17.5 Å². The van der Waals surface area contributed by atoms with Crippen LogP contribution in [-0.2, 0) is 22.2 Å². The van der Waals surface area contributed by atoms with Crippen LogP contribution in [0.4, 0.5) is 5.69 Å². The molecule has 30 heavy (non-hydrogen) atoms. The zero-order chi connectivity index (χ0) is 21.1. The maximum absolute atomic E-state index is 13.2. The average Bonchev–Trinajstić information content (AvgIpc) is 3.18. The molecule has 6 heteroatoms. The number of aromatic nitrogens is 1. The number of anilines is 1. The number of aliphatic hydroxyl groups is 1. The maximum Gasteiger partial charge on any atom is 0.235 e. The number of carbonyl (C=O) groups is 1. The van der Waals surface area contributed by atoms with Crippen molar-refractivity contribution < 1.29 is 20.8 Å². The summed E-state index contributed by atoms with van der Waals surface area (Å²) >= 11 is 0. The van der Waals surface area contributed by atoms with Crippen LogP contribution in [0, 0.1) is 0 Å². The molecule has 5 rings (SSSR count). The average molecular weight is 408 g/mol. The van der Waals surface area contributed by atoms with Gasteiger partial charge in [-0.2, -0.15) is 0 Å². The van der Waals surface area contributed by atoms with Crippen molar-refractivity contribution in [2.75, 3.05) is 12.1 Å². The fourth-order valence-corrected chi connectivity index (χ4v) is 4.14. The van der Waals surface area contributed by atoms with Crippen LogP contribution in [0.2, 0.25) is 0 Å². The second-order valence-corrected chi connectivity index (χ2v) is 9.29. The summed E-state index contributed by atoms with van der Waals surface area (Å²) in [6.07, 6.45) is 1.60. The van der Waals surface area contributed by atoms with E-state index in [9.17, 15) is 9.90 Å². The molecular weight excluding hydrogens is 380 g/mol. The summed E-state index contributed by atoms with van der Waals surface area (Å²) in [5.41, 5.74) is 3.85. The van der Waals surface area contributed by atoms with Gasteiger partial charge in [-0.05, 0) is 48.7 Å². The number of aliphatic hydroxyl groups excluding tert-OH is 1.